The Morgan fingerprint density at radius 2 is 0.926 bits per heavy atom. The van der Waals surface area contributed by atoms with Gasteiger partial charge in [-0.1, -0.05) is 69.0 Å². The average molecular weight is 1450 g/mol. The van der Waals surface area contributed by atoms with E-state index in [1.165, 1.54) is 6.07 Å². The monoisotopic (exact) mass is 1450 g/mol. The molecule has 0 aliphatic carbocycles. The number of ketones is 3. The number of hydrogen-bond acceptors (Lipinski definition) is 18. The average Bonchev–Trinajstić information content (AvgIpc) is 1.19. The van der Waals surface area contributed by atoms with Crippen molar-refractivity contribution in [2.24, 2.45) is 5.92 Å². The number of phenols is 1. The Morgan fingerprint density at radius 1 is 0.463 bits per heavy atom. The number of nitrogens with one attached hydrogen (secondary N) is 5. The first-order valence-electron chi connectivity index (χ1n) is 32.5. The minimum atomic E-state index is -1.34. The van der Waals surface area contributed by atoms with Crippen molar-refractivity contribution in [2.45, 2.75) is 166 Å². The van der Waals surface area contributed by atoms with Gasteiger partial charge in [-0.15, -0.1) is 0 Å². The number of amides is 5. The van der Waals surface area contributed by atoms with Crippen LogP contribution in [0, 0.1) is 9.49 Å². The Labute approximate surface area is 567 Å². The van der Waals surface area contributed by atoms with Crippen LogP contribution in [0.15, 0.2) is 48.5 Å². The maximum atomic E-state index is 14.5. The summed E-state index contributed by atoms with van der Waals surface area (Å²) in [4.78, 5) is 170. The SMILES string of the molecule is CC[C@H](NC(=O)N[C@@H](CCCCCC(=O)CCCCCCC(=O)NCCCCC(NC(=O)[C@H](CC(=O)[C@@H](Cc1ccc(O)c(I)c1)NC(=O)CCCC(=O)CN1CCN(CC(=O)O)CCN(CC(=O)O)CCN(CC(=O)O)CC1)Cc1ccccc1)C(=O)O)C(=O)O)C(=O)O. The number of halogens is 1. The Bertz CT molecular complexity index is 2820. The van der Waals surface area contributed by atoms with E-state index in [4.69, 9.17) is 5.11 Å². The van der Waals surface area contributed by atoms with Crippen molar-refractivity contribution in [3.8, 4) is 5.75 Å². The summed E-state index contributed by atoms with van der Waals surface area (Å²) in [6, 6.07) is 7.69. The topological polar surface area (TPSA) is 437 Å². The lowest BCUT2D eigenvalue weighted by Crippen LogP contribution is -2.50. The maximum absolute atomic E-state index is 14.5. The van der Waals surface area contributed by atoms with E-state index in [0.717, 1.165) is 6.42 Å². The van der Waals surface area contributed by atoms with E-state index in [9.17, 15) is 93.0 Å². The first-order valence-corrected chi connectivity index (χ1v) is 33.5. The molecule has 1 fully saturated rings. The van der Waals surface area contributed by atoms with Crippen LogP contribution in [0.3, 0.4) is 0 Å². The van der Waals surface area contributed by atoms with Gasteiger partial charge in [0.2, 0.25) is 17.7 Å². The summed E-state index contributed by atoms with van der Waals surface area (Å²) in [5, 5.41) is 80.5. The Hall–Kier alpha value is -7.68. The fourth-order valence-electron chi connectivity index (χ4n) is 10.7. The third-order valence-corrected chi connectivity index (χ3v) is 17.0. The first kappa shape index (κ1) is 81.6. The fraction of sp³-hybridized carbons (Fsp3) is 0.615. The Morgan fingerprint density at radius 3 is 1.43 bits per heavy atom. The minimum absolute atomic E-state index is 0.00596. The molecule has 2 aromatic carbocycles. The number of aromatic hydroxyl groups is 1. The van der Waals surface area contributed by atoms with Gasteiger partial charge in [-0.05, 0) is 116 Å². The van der Waals surface area contributed by atoms with Gasteiger partial charge < -0.3 is 62.3 Å². The molecule has 528 valence electrons. The van der Waals surface area contributed by atoms with Gasteiger partial charge in [-0.3, -0.25) is 62.8 Å². The molecular weight excluding hydrogens is 1350 g/mol. The molecule has 95 heavy (non-hydrogen) atoms. The molecule has 1 aliphatic rings. The summed E-state index contributed by atoms with van der Waals surface area (Å²) in [6.45, 7) is 2.42. The van der Waals surface area contributed by atoms with E-state index in [1.807, 2.05) is 22.6 Å². The van der Waals surface area contributed by atoms with Gasteiger partial charge in [0.05, 0.1) is 35.8 Å². The van der Waals surface area contributed by atoms with Crippen LogP contribution in [-0.4, -0.2) is 242 Å². The van der Waals surface area contributed by atoms with E-state index in [0.29, 0.717) is 78.9 Å². The number of Topliss-reactive ketones (excluding diaryl/α,β-unsaturated/α-hetero) is 3. The van der Waals surface area contributed by atoms with Crippen molar-refractivity contribution in [3.63, 3.8) is 0 Å². The number of unbranched alkanes of at least 4 members (excludes halogenated alkanes) is 6. The number of nitrogens with zero attached hydrogens (tertiary/aromatic N) is 4. The molecule has 12 N–H and O–H groups in total. The molecule has 0 saturated carbocycles. The van der Waals surface area contributed by atoms with Crippen molar-refractivity contribution in [1.82, 2.24) is 46.2 Å². The molecule has 2 aromatic rings. The van der Waals surface area contributed by atoms with Gasteiger partial charge in [-0.2, -0.15) is 0 Å². The second kappa shape index (κ2) is 45.7. The van der Waals surface area contributed by atoms with Crippen molar-refractivity contribution < 1.29 is 98.1 Å². The molecule has 1 saturated heterocycles. The van der Waals surface area contributed by atoms with Gasteiger partial charge in [0.1, 0.15) is 35.4 Å². The van der Waals surface area contributed by atoms with Crippen LogP contribution in [0.5, 0.6) is 5.75 Å². The number of benzene rings is 2. The van der Waals surface area contributed by atoms with E-state index in [2.05, 4.69) is 26.6 Å². The molecular formula is C65H96IN9O20. The normalized spacial score (nSPS) is 15.2. The molecule has 1 heterocycles. The van der Waals surface area contributed by atoms with E-state index >= 15 is 0 Å². The lowest BCUT2D eigenvalue weighted by Gasteiger charge is -2.32. The van der Waals surface area contributed by atoms with Gasteiger partial charge in [-0.25, -0.2) is 19.2 Å². The Balaban J connectivity index is 1.53. The summed E-state index contributed by atoms with van der Waals surface area (Å²) in [6.07, 6.45) is 5.49. The zero-order chi connectivity index (χ0) is 70.2. The summed E-state index contributed by atoms with van der Waals surface area (Å²) in [7, 11) is 0. The molecule has 29 nitrogen and oxygen atoms in total. The quantitative estimate of drug-likeness (QED) is 0.0334. The smallest absolute Gasteiger partial charge is 0.326 e. The summed E-state index contributed by atoms with van der Waals surface area (Å²) in [5.41, 5.74) is 1.26. The molecule has 1 unspecified atom stereocenters. The number of urea groups is 1. The second-order valence-corrected chi connectivity index (χ2v) is 25.1. The number of hydrogen-bond donors (Lipinski definition) is 12. The molecule has 0 radical (unpaired) electrons. The number of carbonyl (C=O) groups is 13. The molecule has 0 spiro atoms. The molecule has 5 amide bonds. The van der Waals surface area contributed by atoms with E-state index < -0.39 is 96.0 Å². The largest absolute Gasteiger partial charge is 0.507 e. The zero-order valence-electron chi connectivity index (χ0n) is 54.2. The van der Waals surface area contributed by atoms with Gasteiger partial charge in [0.15, 0.2) is 5.78 Å². The third kappa shape index (κ3) is 36.1. The van der Waals surface area contributed by atoms with Crippen molar-refractivity contribution in [1.29, 1.82) is 0 Å². The van der Waals surface area contributed by atoms with E-state index in [-0.39, 0.29) is 166 Å². The predicted octanol–water partition coefficient (Wildman–Crippen LogP) is 3.39. The highest BCUT2D eigenvalue weighted by atomic mass is 127. The number of carbonyl (C=O) groups excluding carboxylic acids is 7. The maximum Gasteiger partial charge on any atom is 0.326 e. The summed E-state index contributed by atoms with van der Waals surface area (Å²) < 4.78 is 0.476. The molecule has 30 heteroatoms. The first-order chi connectivity index (χ1) is 45.2. The van der Waals surface area contributed by atoms with Crippen LogP contribution in [0.1, 0.15) is 140 Å². The molecule has 0 aromatic heterocycles. The van der Waals surface area contributed by atoms with Gasteiger partial charge in [0, 0.05) is 103 Å². The number of carboxylic acid groups (broad SMARTS) is 6. The number of carboxylic acids is 6. The van der Waals surface area contributed by atoms with Crippen LogP contribution in [0.4, 0.5) is 4.79 Å². The zero-order valence-corrected chi connectivity index (χ0v) is 56.3. The van der Waals surface area contributed by atoms with Crippen molar-refractivity contribution in [3.05, 3.63) is 63.2 Å². The number of phenolic OH excluding ortho intramolecular Hbond substituents is 1. The van der Waals surface area contributed by atoms with Crippen LogP contribution in [-0.2, 0) is 70.4 Å². The van der Waals surface area contributed by atoms with Crippen molar-refractivity contribution in [2.75, 3.05) is 85.1 Å². The number of rotatable bonds is 46. The summed E-state index contributed by atoms with van der Waals surface area (Å²) in [5.74, 6) is -10.4. The number of aliphatic carboxylic acids is 6. The highest BCUT2D eigenvalue weighted by Gasteiger charge is 2.32. The molecule has 3 rings (SSSR count). The fourth-order valence-corrected chi connectivity index (χ4v) is 11.3. The molecule has 5 atom stereocenters. The predicted molar refractivity (Wildman–Crippen MR) is 354 cm³/mol. The van der Waals surface area contributed by atoms with Gasteiger partial charge >= 0.3 is 41.8 Å². The van der Waals surface area contributed by atoms with Crippen LogP contribution in [0.25, 0.3) is 0 Å². The van der Waals surface area contributed by atoms with Crippen LogP contribution < -0.4 is 26.6 Å². The standard InChI is InChI=1S/C65H96IN9O20/c1-2-50(62(89)90)70-65(95)71-52(64(93)94)21-11-6-10-19-47(76)18-9-3-4-12-23-56(80)67-27-14-13-22-51(63(91)92)69-61(88)46(36-44-16-7-5-8-17-44)39-55(79)53(38-45-25-26-54(78)49(66)37-45)68-57(81)24-15-20-48(77)40-72-28-30-73(41-58(82)83)32-34-75(43-60(86)87)35-33-74(31-29-72)42-59(84)85/h5,7-8,16-17,25-26,37,46,50-53,78H,2-4,6,9-15,18-24,27-36,38-43H2,1H3,(H,67,80)(H,68,81)(H,69,88)(H,82,83)(H,84,85)(H,86,87)(H,89,90)(H,91,92)(H,93,94)(H2,70,71,95)/t46-,50-,51?,52-,53+/m0/s1. The highest BCUT2D eigenvalue weighted by Crippen LogP contribution is 2.23. The minimum Gasteiger partial charge on any atom is -0.507 e. The molecule has 1 aliphatic heterocycles. The van der Waals surface area contributed by atoms with E-state index in [1.54, 1.807) is 69.0 Å². The molecule has 0 bridgehead atoms. The highest BCUT2D eigenvalue weighted by molar-refractivity contribution is 14.1. The lowest BCUT2D eigenvalue weighted by atomic mass is 9.89. The lowest BCUT2D eigenvalue weighted by molar-refractivity contribution is -0.143. The van der Waals surface area contributed by atoms with Gasteiger partial charge in [0.25, 0.3) is 0 Å². The Kier molecular flexibility index (Phi) is 39.2. The van der Waals surface area contributed by atoms with Crippen LogP contribution >= 0.6 is 22.6 Å². The third-order valence-electron chi connectivity index (χ3n) is 16.1. The summed E-state index contributed by atoms with van der Waals surface area (Å²) >= 11 is 1.92. The van der Waals surface area contributed by atoms with Crippen molar-refractivity contribution >= 4 is 99.5 Å². The second-order valence-electron chi connectivity index (χ2n) is 24.0. The van der Waals surface area contributed by atoms with Crippen LogP contribution in [0.2, 0.25) is 0 Å².